The van der Waals surface area contributed by atoms with Crippen molar-refractivity contribution >= 4 is 52.2 Å². The lowest BCUT2D eigenvalue weighted by Gasteiger charge is -2.25. The van der Waals surface area contributed by atoms with Gasteiger partial charge < -0.3 is 24.3 Å². The molecule has 0 saturated carbocycles. The van der Waals surface area contributed by atoms with E-state index in [-0.39, 0.29) is 19.3 Å². The molecule has 0 aliphatic carbocycles. The second-order valence-corrected chi connectivity index (χ2v) is 12.5. The Bertz CT molecular complexity index is 1840. The van der Waals surface area contributed by atoms with Gasteiger partial charge in [-0.1, -0.05) is 48.5 Å². The van der Waals surface area contributed by atoms with E-state index in [4.69, 9.17) is 29.2 Å². The summed E-state index contributed by atoms with van der Waals surface area (Å²) in [7, 11) is -4.14. The number of nitrogen functional groups attached to an aromatic ring is 1. The van der Waals surface area contributed by atoms with E-state index in [1.54, 1.807) is 32.9 Å². The number of hydrogen-bond acceptors (Lipinski definition) is 9. The zero-order valence-corrected chi connectivity index (χ0v) is 26.4. The van der Waals surface area contributed by atoms with Crippen LogP contribution in [0.25, 0.3) is 32.7 Å². The highest BCUT2D eigenvalue weighted by Gasteiger charge is 2.34. The molecule has 11 nitrogen and oxygen atoms in total. The van der Waals surface area contributed by atoms with Crippen LogP contribution in [0.15, 0.2) is 66.7 Å². The number of benzene rings is 3. The average molecular weight is 620 g/mol. The van der Waals surface area contributed by atoms with E-state index in [1.807, 2.05) is 73.0 Å². The van der Waals surface area contributed by atoms with E-state index in [9.17, 15) is 9.36 Å². The Morgan fingerprint density at radius 3 is 2.48 bits per heavy atom. The fraction of sp³-hybridized carbons (Fsp3) is 0.344. The summed E-state index contributed by atoms with van der Waals surface area (Å²) in [6.07, 6.45) is -0.344. The first kappa shape index (κ1) is 31.4. The number of hydrogen-bond donors (Lipinski definition) is 2. The van der Waals surface area contributed by atoms with Crippen LogP contribution in [0.2, 0.25) is 0 Å². The third kappa shape index (κ3) is 6.87. The second kappa shape index (κ2) is 13.3. The number of nitrogens with zero attached hydrogens (tertiary/aromatic N) is 3. The van der Waals surface area contributed by atoms with Gasteiger partial charge in [0.25, 0.3) is 0 Å². The summed E-state index contributed by atoms with van der Waals surface area (Å²) in [5.41, 5.74) is 8.38. The smallest absolute Gasteiger partial charge is 0.459 e. The van der Waals surface area contributed by atoms with Crippen molar-refractivity contribution in [2.24, 2.45) is 0 Å². The molecule has 44 heavy (non-hydrogen) atoms. The molecule has 0 aliphatic rings. The first-order valence-electron chi connectivity index (χ1n) is 14.6. The highest BCUT2D eigenvalue weighted by molar-refractivity contribution is 7.52. The van der Waals surface area contributed by atoms with Gasteiger partial charge in [-0.15, -0.1) is 0 Å². The molecule has 0 saturated heterocycles. The Balaban J connectivity index is 1.49. The van der Waals surface area contributed by atoms with Crippen LogP contribution in [0.4, 0.5) is 5.82 Å². The molecule has 2 heterocycles. The minimum Gasteiger partial charge on any atom is -0.462 e. The van der Waals surface area contributed by atoms with Crippen molar-refractivity contribution < 1.29 is 27.9 Å². The van der Waals surface area contributed by atoms with Crippen LogP contribution in [-0.4, -0.2) is 45.9 Å². The van der Waals surface area contributed by atoms with Crippen molar-refractivity contribution in [2.45, 2.75) is 59.4 Å². The van der Waals surface area contributed by atoms with Gasteiger partial charge in [0.15, 0.2) is 5.82 Å². The van der Waals surface area contributed by atoms with Crippen LogP contribution in [0.1, 0.15) is 46.5 Å². The number of para-hydroxylation sites is 1. The minimum atomic E-state index is -4.14. The molecule has 3 atom stereocenters. The number of imidazole rings is 1. The highest BCUT2D eigenvalue weighted by atomic mass is 31.2. The normalized spacial score (nSPS) is 14.6. The van der Waals surface area contributed by atoms with E-state index in [1.165, 1.54) is 0 Å². The summed E-state index contributed by atoms with van der Waals surface area (Å²) in [5, 5.41) is 5.54. The Morgan fingerprint density at radius 1 is 1.00 bits per heavy atom. The molecular weight excluding hydrogens is 581 g/mol. The molecule has 0 unspecified atom stereocenters. The largest absolute Gasteiger partial charge is 0.462 e. The molecule has 3 N–H and O–H groups in total. The maximum atomic E-state index is 14.3. The fourth-order valence-electron chi connectivity index (χ4n) is 5.00. The van der Waals surface area contributed by atoms with Crippen molar-refractivity contribution in [3.05, 3.63) is 72.6 Å². The Morgan fingerprint density at radius 2 is 1.73 bits per heavy atom. The molecular formula is C32H38N5O6P. The summed E-state index contributed by atoms with van der Waals surface area (Å²) in [5.74, 6) is 0.669. The van der Waals surface area contributed by atoms with Crippen LogP contribution in [0.5, 0.6) is 5.75 Å². The lowest BCUT2D eigenvalue weighted by Crippen LogP contribution is -2.36. The fourth-order valence-corrected chi connectivity index (χ4v) is 6.56. The maximum absolute atomic E-state index is 14.3. The third-order valence-electron chi connectivity index (χ3n) is 6.99. The molecule has 232 valence electrons. The molecule has 5 rings (SSSR count). The Kier molecular flexibility index (Phi) is 9.51. The van der Waals surface area contributed by atoms with E-state index in [0.29, 0.717) is 29.5 Å². The number of pyridine rings is 1. The molecule has 5 aromatic rings. The van der Waals surface area contributed by atoms with Crippen LogP contribution in [0, 0.1) is 0 Å². The minimum absolute atomic E-state index is 0.0645. The van der Waals surface area contributed by atoms with Gasteiger partial charge in [-0.25, -0.2) is 14.5 Å². The number of rotatable bonds is 13. The second-order valence-electron chi connectivity index (χ2n) is 10.8. The number of fused-ring (bicyclic) bond motifs is 4. The number of esters is 1. The van der Waals surface area contributed by atoms with Gasteiger partial charge in [0.05, 0.1) is 29.8 Å². The van der Waals surface area contributed by atoms with Gasteiger partial charge in [0, 0.05) is 12.0 Å². The van der Waals surface area contributed by atoms with Crippen LogP contribution in [-0.2, 0) is 30.0 Å². The highest BCUT2D eigenvalue weighted by Crippen LogP contribution is 2.46. The summed E-state index contributed by atoms with van der Waals surface area (Å²) in [6, 6.07) is 19.4. The molecule has 12 heteroatoms. The number of ether oxygens (including phenoxy) is 2. The standard InChI is InChI=1S/C32H38N5O6P/c1-6-40-19-28-35-29-30(26-13-9-10-14-27(26)34-31(29)33)37(28)21(4)18-41-44(39,36-22(5)32(38)42-20(2)3)43-25-16-15-23-11-7-8-12-24(23)17-25/h7-17,20-22H,6,18-19H2,1-5H3,(H2,33,34)(H,36,39)/t21-,22+,44+/m1/s1. The zero-order chi connectivity index (χ0) is 31.4. The predicted molar refractivity (Wildman–Crippen MR) is 171 cm³/mol. The first-order valence-corrected chi connectivity index (χ1v) is 16.2. The number of nitrogens with one attached hydrogen (secondary N) is 1. The van der Waals surface area contributed by atoms with Gasteiger partial charge >= 0.3 is 13.7 Å². The topological polar surface area (TPSA) is 140 Å². The lowest BCUT2D eigenvalue weighted by molar-refractivity contribution is -0.149. The van der Waals surface area contributed by atoms with Crippen LogP contribution < -0.4 is 15.3 Å². The number of carbonyl (C=O) groups is 1. The van der Waals surface area contributed by atoms with Gasteiger partial charge in [-0.05, 0) is 63.6 Å². The van der Waals surface area contributed by atoms with Gasteiger partial charge in [-0.2, -0.15) is 5.09 Å². The molecule has 0 radical (unpaired) electrons. The van der Waals surface area contributed by atoms with E-state index < -0.39 is 25.8 Å². The number of anilines is 1. The molecule has 3 aromatic carbocycles. The lowest BCUT2D eigenvalue weighted by atomic mass is 10.1. The third-order valence-corrected chi connectivity index (χ3v) is 8.64. The number of carbonyl (C=O) groups excluding carboxylic acids is 1. The zero-order valence-electron chi connectivity index (χ0n) is 25.5. The van der Waals surface area contributed by atoms with Crippen molar-refractivity contribution in [3.63, 3.8) is 0 Å². The van der Waals surface area contributed by atoms with Gasteiger partial charge in [0.1, 0.15) is 29.7 Å². The van der Waals surface area contributed by atoms with Crippen molar-refractivity contribution in [1.29, 1.82) is 0 Å². The molecule has 0 bridgehead atoms. The number of nitrogens with two attached hydrogens (primary N) is 1. The van der Waals surface area contributed by atoms with E-state index in [2.05, 4.69) is 10.1 Å². The summed E-state index contributed by atoms with van der Waals surface area (Å²) in [4.78, 5) is 22.0. The van der Waals surface area contributed by atoms with Crippen molar-refractivity contribution in [1.82, 2.24) is 19.6 Å². The number of aromatic nitrogens is 3. The Labute approximate surface area is 256 Å². The van der Waals surface area contributed by atoms with Crippen LogP contribution >= 0.6 is 7.75 Å². The first-order chi connectivity index (χ1) is 21.1. The molecule has 0 aliphatic heterocycles. The van der Waals surface area contributed by atoms with Crippen molar-refractivity contribution in [3.8, 4) is 5.75 Å². The summed E-state index contributed by atoms with van der Waals surface area (Å²) in [6.45, 7) is 9.52. The van der Waals surface area contributed by atoms with E-state index >= 15 is 0 Å². The molecule has 0 fully saturated rings. The van der Waals surface area contributed by atoms with Crippen molar-refractivity contribution in [2.75, 3.05) is 18.9 Å². The van der Waals surface area contributed by atoms with E-state index in [0.717, 1.165) is 27.2 Å². The molecule has 2 aromatic heterocycles. The summed E-state index contributed by atoms with van der Waals surface area (Å²) < 4.78 is 39.5. The summed E-state index contributed by atoms with van der Waals surface area (Å²) >= 11 is 0. The molecule has 0 amide bonds. The quantitative estimate of drug-likeness (QED) is 0.110. The SMILES string of the molecule is CCOCc1nc2c(N)nc3ccccc3c2n1[C@H](C)CO[P@@](=O)(N[C@@H](C)C(=O)OC(C)C)Oc1ccc2ccccc2c1. The Hall–Kier alpha value is -4.02. The maximum Gasteiger partial charge on any atom is 0.459 e. The average Bonchev–Trinajstić information content (AvgIpc) is 3.39. The monoisotopic (exact) mass is 619 g/mol. The molecule has 0 spiro atoms. The van der Waals surface area contributed by atoms with Gasteiger partial charge in [-0.3, -0.25) is 9.32 Å². The van der Waals surface area contributed by atoms with Gasteiger partial charge in [0.2, 0.25) is 0 Å². The van der Waals surface area contributed by atoms with Crippen LogP contribution in [0.3, 0.4) is 0 Å². The predicted octanol–water partition coefficient (Wildman–Crippen LogP) is 6.55.